The molecular weight excluding hydrogens is 266 g/mol. The van der Waals surface area contributed by atoms with E-state index >= 15 is 0 Å². The van der Waals surface area contributed by atoms with Crippen LogP contribution in [0.2, 0.25) is 0 Å². The first-order valence-electron chi connectivity index (χ1n) is 8.08. The molecule has 1 aromatic heterocycles. The molecule has 0 saturated carbocycles. The summed E-state index contributed by atoms with van der Waals surface area (Å²) in [7, 11) is 0. The van der Waals surface area contributed by atoms with E-state index < -0.39 is 0 Å². The Hall–Kier alpha value is -1.43. The van der Waals surface area contributed by atoms with E-state index in [0.29, 0.717) is 17.7 Å². The number of nitrogens with one attached hydrogen (secondary N) is 1. The molecule has 1 aromatic rings. The number of piperidine rings is 2. The van der Waals surface area contributed by atoms with Crippen LogP contribution in [0.4, 0.5) is 0 Å². The predicted octanol–water partition coefficient (Wildman–Crippen LogP) is 1.38. The van der Waals surface area contributed by atoms with Gasteiger partial charge in [-0.15, -0.1) is 5.10 Å². The first-order valence-corrected chi connectivity index (χ1v) is 8.08. The molecule has 21 heavy (non-hydrogen) atoms. The molecule has 0 spiro atoms. The van der Waals surface area contributed by atoms with Crippen molar-refractivity contribution in [3.05, 3.63) is 11.4 Å². The number of hydrogen-bond donors (Lipinski definition) is 1. The Labute approximate surface area is 125 Å². The van der Waals surface area contributed by atoms with E-state index in [1.165, 1.54) is 6.42 Å². The second-order valence-electron chi connectivity index (χ2n) is 6.45. The molecule has 116 valence electrons. The number of amides is 1. The third-order valence-electron chi connectivity index (χ3n) is 4.73. The van der Waals surface area contributed by atoms with Crippen LogP contribution in [0.3, 0.4) is 0 Å². The largest absolute Gasteiger partial charge is 0.337 e. The summed E-state index contributed by atoms with van der Waals surface area (Å²) in [5.41, 5.74) is 1.47. The van der Waals surface area contributed by atoms with Crippen molar-refractivity contribution >= 4 is 5.91 Å². The summed E-state index contributed by atoms with van der Waals surface area (Å²) in [5.74, 6) is 0.640. The van der Waals surface area contributed by atoms with Crippen LogP contribution in [0.1, 0.15) is 54.8 Å². The van der Waals surface area contributed by atoms with E-state index in [4.69, 9.17) is 0 Å². The number of carbonyl (C=O) groups excluding carboxylic acids is 1. The molecule has 0 bridgehead atoms. The summed E-state index contributed by atoms with van der Waals surface area (Å²) in [4.78, 5) is 14.6. The minimum atomic E-state index is 0.0548. The van der Waals surface area contributed by atoms with E-state index in [-0.39, 0.29) is 5.91 Å². The fraction of sp³-hybridized carbons (Fsp3) is 0.800. The Balaban J connectivity index is 1.76. The van der Waals surface area contributed by atoms with Gasteiger partial charge in [-0.1, -0.05) is 12.1 Å². The van der Waals surface area contributed by atoms with Crippen LogP contribution in [0.15, 0.2) is 0 Å². The van der Waals surface area contributed by atoms with Crippen LogP contribution in [0.25, 0.3) is 0 Å². The summed E-state index contributed by atoms with van der Waals surface area (Å²) in [6, 6.07) is 0.376. The normalized spacial score (nSPS) is 24.3. The van der Waals surface area contributed by atoms with Crippen molar-refractivity contribution in [3.8, 4) is 0 Å². The van der Waals surface area contributed by atoms with Gasteiger partial charge in [0, 0.05) is 13.1 Å². The number of aromatic nitrogens is 3. The lowest BCUT2D eigenvalue weighted by Gasteiger charge is -2.30. The molecule has 1 atom stereocenters. The highest BCUT2D eigenvalue weighted by molar-refractivity contribution is 5.93. The van der Waals surface area contributed by atoms with Crippen molar-refractivity contribution < 1.29 is 4.79 Å². The van der Waals surface area contributed by atoms with E-state index in [2.05, 4.69) is 22.6 Å². The molecule has 2 aliphatic heterocycles. The molecule has 3 rings (SSSR count). The molecule has 6 heteroatoms. The van der Waals surface area contributed by atoms with Crippen molar-refractivity contribution in [1.29, 1.82) is 0 Å². The molecule has 0 radical (unpaired) electrons. The maximum Gasteiger partial charge on any atom is 0.276 e. The van der Waals surface area contributed by atoms with Gasteiger partial charge >= 0.3 is 0 Å². The lowest BCUT2D eigenvalue weighted by atomic mass is 10.00. The van der Waals surface area contributed by atoms with Crippen LogP contribution in [0, 0.1) is 12.8 Å². The number of nitrogens with zero attached hydrogens (tertiary/aromatic N) is 4. The maximum absolute atomic E-state index is 12.7. The summed E-state index contributed by atoms with van der Waals surface area (Å²) >= 11 is 0. The minimum absolute atomic E-state index is 0.0548. The monoisotopic (exact) mass is 291 g/mol. The third-order valence-corrected chi connectivity index (χ3v) is 4.73. The van der Waals surface area contributed by atoms with Crippen LogP contribution in [-0.4, -0.2) is 52.0 Å². The quantitative estimate of drug-likeness (QED) is 0.894. The number of rotatable bonds is 2. The summed E-state index contributed by atoms with van der Waals surface area (Å²) < 4.78 is 1.96. The topological polar surface area (TPSA) is 63.1 Å². The zero-order valence-electron chi connectivity index (χ0n) is 13.0. The average molecular weight is 291 g/mol. The molecule has 3 heterocycles. The van der Waals surface area contributed by atoms with Crippen LogP contribution >= 0.6 is 0 Å². The van der Waals surface area contributed by atoms with Gasteiger partial charge in [0.05, 0.1) is 11.7 Å². The molecular formula is C15H25N5O. The number of hydrogen-bond acceptors (Lipinski definition) is 4. The van der Waals surface area contributed by atoms with E-state index in [1.54, 1.807) is 0 Å². The second-order valence-corrected chi connectivity index (χ2v) is 6.45. The predicted molar refractivity (Wildman–Crippen MR) is 80.2 cm³/mol. The van der Waals surface area contributed by atoms with Gasteiger partial charge in [0.15, 0.2) is 5.69 Å². The first-order chi connectivity index (χ1) is 10.2. The maximum atomic E-state index is 12.7. The summed E-state index contributed by atoms with van der Waals surface area (Å²) in [6.07, 6.45) is 4.41. The van der Waals surface area contributed by atoms with Gasteiger partial charge in [0.2, 0.25) is 0 Å². The Bertz CT molecular complexity index is 506. The summed E-state index contributed by atoms with van der Waals surface area (Å²) in [5, 5.41) is 11.8. The van der Waals surface area contributed by atoms with E-state index in [9.17, 15) is 4.79 Å². The summed E-state index contributed by atoms with van der Waals surface area (Å²) in [6.45, 7) is 7.90. The zero-order valence-corrected chi connectivity index (χ0v) is 13.0. The van der Waals surface area contributed by atoms with Crippen molar-refractivity contribution in [2.75, 3.05) is 26.2 Å². The van der Waals surface area contributed by atoms with Gasteiger partial charge in [0.1, 0.15) is 0 Å². The fourth-order valence-corrected chi connectivity index (χ4v) is 3.46. The van der Waals surface area contributed by atoms with Crippen LogP contribution in [-0.2, 0) is 0 Å². The minimum Gasteiger partial charge on any atom is -0.337 e. The third kappa shape index (κ3) is 2.95. The lowest BCUT2D eigenvalue weighted by Crippen LogP contribution is -2.39. The second kappa shape index (κ2) is 6.13. The van der Waals surface area contributed by atoms with Crippen molar-refractivity contribution in [2.24, 2.45) is 5.92 Å². The van der Waals surface area contributed by atoms with Crippen molar-refractivity contribution in [1.82, 2.24) is 25.2 Å². The highest BCUT2D eigenvalue weighted by Gasteiger charge is 2.28. The SMILES string of the molecule is Cc1c(C(=O)N2CCCC(C)C2)nnn1C1CCNCC1. The smallest absolute Gasteiger partial charge is 0.276 e. The Morgan fingerprint density at radius 2 is 2.05 bits per heavy atom. The van der Waals surface area contributed by atoms with Crippen LogP contribution < -0.4 is 5.32 Å². The Morgan fingerprint density at radius 3 is 2.76 bits per heavy atom. The molecule has 2 fully saturated rings. The molecule has 0 aromatic carbocycles. The molecule has 1 unspecified atom stereocenters. The van der Waals surface area contributed by atoms with Crippen molar-refractivity contribution in [3.63, 3.8) is 0 Å². The Kier molecular flexibility index (Phi) is 4.24. The molecule has 6 nitrogen and oxygen atoms in total. The van der Waals surface area contributed by atoms with Gasteiger partial charge < -0.3 is 10.2 Å². The van der Waals surface area contributed by atoms with E-state index in [1.807, 2.05) is 16.5 Å². The van der Waals surface area contributed by atoms with Crippen molar-refractivity contribution in [2.45, 2.75) is 45.6 Å². The Morgan fingerprint density at radius 1 is 1.29 bits per heavy atom. The van der Waals surface area contributed by atoms with Crippen LogP contribution in [0.5, 0.6) is 0 Å². The molecule has 1 amide bonds. The first kappa shape index (κ1) is 14.5. The zero-order chi connectivity index (χ0) is 14.8. The average Bonchev–Trinajstić information content (AvgIpc) is 2.89. The molecule has 1 N–H and O–H groups in total. The van der Waals surface area contributed by atoms with Gasteiger partial charge in [-0.3, -0.25) is 4.79 Å². The van der Waals surface area contributed by atoms with Gasteiger partial charge in [-0.2, -0.15) is 0 Å². The number of likely N-dealkylation sites (tertiary alicyclic amines) is 1. The lowest BCUT2D eigenvalue weighted by molar-refractivity contribution is 0.0676. The fourth-order valence-electron chi connectivity index (χ4n) is 3.46. The van der Waals surface area contributed by atoms with Gasteiger partial charge in [-0.25, -0.2) is 4.68 Å². The standard InChI is InChI=1S/C15H25N5O/c1-11-4-3-9-19(10-11)15(21)14-12(2)20(18-17-14)13-5-7-16-8-6-13/h11,13,16H,3-10H2,1-2H3. The molecule has 2 saturated heterocycles. The van der Waals surface area contributed by atoms with Gasteiger partial charge in [-0.05, 0) is 51.6 Å². The highest BCUT2D eigenvalue weighted by atomic mass is 16.2. The highest BCUT2D eigenvalue weighted by Crippen LogP contribution is 2.22. The molecule has 2 aliphatic rings. The number of carbonyl (C=O) groups is 1. The molecule has 0 aliphatic carbocycles. The van der Waals surface area contributed by atoms with Gasteiger partial charge in [0.25, 0.3) is 5.91 Å². The van der Waals surface area contributed by atoms with E-state index in [0.717, 1.165) is 51.1 Å².